The fourth-order valence-corrected chi connectivity index (χ4v) is 3.11. The normalized spacial score (nSPS) is 34.8. The zero-order valence-electron chi connectivity index (χ0n) is 9.99. The van der Waals surface area contributed by atoms with Crippen molar-refractivity contribution in [3.63, 3.8) is 0 Å². The van der Waals surface area contributed by atoms with Crippen molar-refractivity contribution in [2.24, 2.45) is 11.7 Å². The highest BCUT2D eigenvalue weighted by molar-refractivity contribution is 4.85. The van der Waals surface area contributed by atoms with Gasteiger partial charge in [-0.15, -0.1) is 0 Å². The van der Waals surface area contributed by atoms with Crippen LogP contribution in [0.5, 0.6) is 0 Å². The molecule has 2 rings (SSSR count). The molecular weight excluding hydrogens is 186 g/mol. The molecule has 0 aromatic heterocycles. The molecule has 3 nitrogen and oxygen atoms in total. The summed E-state index contributed by atoms with van der Waals surface area (Å²) in [6, 6.07) is 0.829. The van der Waals surface area contributed by atoms with Crippen LogP contribution in [0.25, 0.3) is 0 Å². The second-order valence-corrected chi connectivity index (χ2v) is 5.29. The highest BCUT2D eigenvalue weighted by Crippen LogP contribution is 2.24. The van der Waals surface area contributed by atoms with Crippen molar-refractivity contribution in [2.45, 2.75) is 31.7 Å². The maximum Gasteiger partial charge on any atom is 0.0235 e. The summed E-state index contributed by atoms with van der Waals surface area (Å²) in [5.41, 5.74) is 5.65. The van der Waals surface area contributed by atoms with E-state index in [1.165, 1.54) is 51.9 Å². The first kappa shape index (κ1) is 11.4. The standard InChI is InChI=1S/C12H25N3/c1-14-8-5-12(10-14)15-7-2-3-11(9-15)4-6-13/h11-12H,2-10,13H2,1H3. The van der Waals surface area contributed by atoms with E-state index in [-0.39, 0.29) is 0 Å². The van der Waals surface area contributed by atoms with Gasteiger partial charge < -0.3 is 10.6 Å². The molecule has 0 bridgehead atoms. The molecular formula is C12H25N3. The van der Waals surface area contributed by atoms with Crippen LogP contribution in [0, 0.1) is 5.92 Å². The van der Waals surface area contributed by atoms with Crippen molar-refractivity contribution in [3.8, 4) is 0 Å². The van der Waals surface area contributed by atoms with Crippen molar-refractivity contribution < 1.29 is 0 Å². The molecule has 2 unspecified atom stereocenters. The summed E-state index contributed by atoms with van der Waals surface area (Å²) in [6.45, 7) is 6.04. The van der Waals surface area contributed by atoms with E-state index in [1.54, 1.807) is 0 Å². The predicted molar refractivity (Wildman–Crippen MR) is 63.9 cm³/mol. The zero-order valence-corrected chi connectivity index (χ0v) is 9.99. The number of nitrogens with zero attached hydrogens (tertiary/aromatic N) is 2. The SMILES string of the molecule is CN1CCC(N2CCCC(CCN)C2)C1. The van der Waals surface area contributed by atoms with Crippen molar-refractivity contribution in [1.29, 1.82) is 0 Å². The summed E-state index contributed by atoms with van der Waals surface area (Å²) < 4.78 is 0. The van der Waals surface area contributed by atoms with E-state index in [1.807, 2.05) is 0 Å². The summed E-state index contributed by atoms with van der Waals surface area (Å²) >= 11 is 0. The lowest BCUT2D eigenvalue weighted by molar-refractivity contribution is 0.123. The van der Waals surface area contributed by atoms with E-state index in [9.17, 15) is 0 Å². The zero-order chi connectivity index (χ0) is 10.7. The average Bonchev–Trinajstić information content (AvgIpc) is 2.66. The Balaban J connectivity index is 1.81. The largest absolute Gasteiger partial charge is 0.330 e. The molecule has 0 radical (unpaired) electrons. The molecule has 0 amide bonds. The van der Waals surface area contributed by atoms with Crippen LogP contribution in [-0.2, 0) is 0 Å². The van der Waals surface area contributed by atoms with Gasteiger partial charge in [-0.1, -0.05) is 0 Å². The third-order valence-corrected chi connectivity index (χ3v) is 4.01. The minimum Gasteiger partial charge on any atom is -0.330 e. The number of hydrogen-bond donors (Lipinski definition) is 1. The second kappa shape index (κ2) is 5.28. The van der Waals surface area contributed by atoms with Crippen LogP contribution in [0.3, 0.4) is 0 Å². The average molecular weight is 211 g/mol. The van der Waals surface area contributed by atoms with E-state index in [0.717, 1.165) is 18.5 Å². The van der Waals surface area contributed by atoms with Crippen LogP contribution >= 0.6 is 0 Å². The molecule has 0 aromatic carbocycles. The Labute approximate surface area is 93.6 Å². The highest BCUT2D eigenvalue weighted by atomic mass is 15.2. The molecule has 2 N–H and O–H groups in total. The molecule has 2 heterocycles. The summed E-state index contributed by atoms with van der Waals surface area (Å²) in [5.74, 6) is 0.870. The number of piperidine rings is 1. The van der Waals surface area contributed by atoms with E-state index >= 15 is 0 Å². The van der Waals surface area contributed by atoms with E-state index in [0.29, 0.717) is 0 Å². The number of likely N-dealkylation sites (N-methyl/N-ethyl adjacent to an activating group) is 1. The van der Waals surface area contributed by atoms with Crippen molar-refractivity contribution >= 4 is 0 Å². The maximum atomic E-state index is 5.65. The van der Waals surface area contributed by atoms with Gasteiger partial charge in [0.15, 0.2) is 0 Å². The molecule has 0 aliphatic carbocycles. The van der Waals surface area contributed by atoms with Crippen LogP contribution in [0.1, 0.15) is 25.7 Å². The van der Waals surface area contributed by atoms with Crippen LogP contribution in [0.15, 0.2) is 0 Å². The fraction of sp³-hybridized carbons (Fsp3) is 1.00. The molecule has 2 fully saturated rings. The van der Waals surface area contributed by atoms with Crippen molar-refractivity contribution in [1.82, 2.24) is 9.80 Å². The van der Waals surface area contributed by atoms with E-state index in [4.69, 9.17) is 5.73 Å². The molecule has 2 atom stereocenters. The fourth-order valence-electron chi connectivity index (χ4n) is 3.11. The first-order chi connectivity index (χ1) is 7.29. The lowest BCUT2D eigenvalue weighted by Gasteiger charge is -2.36. The number of nitrogens with two attached hydrogens (primary N) is 1. The van der Waals surface area contributed by atoms with Gasteiger partial charge in [-0.05, 0) is 58.3 Å². The summed E-state index contributed by atoms with van der Waals surface area (Å²) in [7, 11) is 2.24. The lowest BCUT2D eigenvalue weighted by Crippen LogP contribution is -2.44. The van der Waals surface area contributed by atoms with Crippen LogP contribution in [-0.4, -0.2) is 55.6 Å². The van der Waals surface area contributed by atoms with Gasteiger partial charge in [0.2, 0.25) is 0 Å². The lowest BCUT2D eigenvalue weighted by atomic mass is 9.93. The van der Waals surface area contributed by atoms with Gasteiger partial charge in [0.1, 0.15) is 0 Å². The topological polar surface area (TPSA) is 32.5 Å². The first-order valence-corrected chi connectivity index (χ1v) is 6.42. The third kappa shape index (κ3) is 2.92. The van der Waals surface area contributed by atoms with Crippen molar-refractivity contribution in [3.05, 3.63) is 0 Å². The molecule has 2 aliphatic heterocycles. The molecule has 2 saturated heterocycles. The molecule has 3 heteroatoms. The minimum absolute atomic E-state index is 0.829. The summed E-state index contributed by atoms with van der Waals surface area (Å²) in [6.07, 6.45) is 5.37. The van der Waals surface area contributed by atoms with Crippen LogP contribution < -0.4 is 5.73 Å². The molecule has 88 valence electrons. The molecule has 0 aromatic rings. The van der Waals surface area contributed by atoms with Gasteiger partial charge in [-0.25, -0.2) is 0 Å². The van der Waals surface area contributed by atoms with E-state index < -0.39 is 0 Å². The Hall–Kier alpha value is -0.120. The molecule has 0 spiro atoms. The maximum absolute atomic E-state index is 5.65. The number of rotatable bonds is 3. The summed E-state index contributed by atoms with van der Waals surface area (Å²) in [5, 5.41) is 0. The predicted octanol–water partition coefficient (Wildman–Crippen LogP) is 0.751. The van der Waals surface area contributed by atoms with Gasteiger partial charge in [-0.3, -0.25) is 4.90 Å². The van der Waals surface area contributed by atoms with Crippen LogP contribution in [0.4, 0.5) is 0 Å². The Kier molecular flexibility index (Phi) is 4.00. The third-order valence-electron chi connectivity index (χ3n) is 4.01. The highest BCUT2D eigenvalue weighted by Gasteiger charge is 2.29. The number of hydrogen-bond acceptors (Lipinski definition) is 3. The Morgan fingerprint density at radius 3 is 2.73 bits per heavy atom. The Morgan fingerprint density at radius 1 is 1.20 bits per heavy atom. The van der Waals surface area contributed by atoms with E-state index in [2.05, 4.69) is 16.8 Å². The van der Waals surface area contributed by atoms with Gasteiger partial charge in [-0.2, -0.15) is 0 Å². The van der Waals surface area contributed by atoms with Gasteiger partial charge in [0, 0.05) is 19.1 Å². The van der Waals surface area contributed by atoms with Crippen LogP contribution in [0.2, 0.25) is 0 Å². The first-order valence-electron chi connectivity index (χ1n) is 6.42. The van der Waals surface area contributed by atoms with Gasteiger partial charge in [0.05, 0.1) is 0 Å². The smallest absolute Gasteiger partial charge is 0.0235 e. The quantitative estimate of drug-likeness (QED) is 0.748. The Morgan fingerprint density at radius 2 is 2.07 bits per heavy atom. The van der Waals surface area contributed by atoms with Gasteiger partial charge in [0.25, 0.3) is 0 Å². The summed E-state index contributed by atoms with van der Waals surface area (Å²) in [4.78, 5) is 5.17. The molecule has 2 aliphatic rings. The minimum atomic E-state index is 0.829. The van der Waals surface area contributed by atoms with Crippen molar-refractivity contribution in [2.75, 3.05) is 39.8 Å². The molecule has 15 heavy (non-hydrogen) atoms. The van der Waals surface area contributed by atoms with Gasteiger partial charge >= 0.3 is 0 Å². The molecule has 0 saturated carbocycles. The second-order valence-electron chi connectivity index (χ2n) is 5.29. The monoisotopic (exact) mass is 211 g/mol. The number of likely N-dealkylation sites (tertiary alicyclic amines) is 2. The Bertz CT molecular complexity index is 193.